The van der Waals surface area contributed by atoms with Crippen molar-refractivity contribution >= 4 is 5.97 Å². The first-order valence-corrected chi connectivity index (χ1v) is 4.51. The first-order valence-electron chi connectivity index (χ1n) is 4.51. The summed E-state index contributed by atoms with van der Waals surface area (Å²) in [6.07, 6.45) is 5.07. The number of carbonyl (C=O) groups is 1. The summed E-state index contributed by atoms with van der Waals surface area (Å²) < 4.78 is 10.0. The van der Waals surface area contributed by atoms with Gasteiger partial charge in [0.05, 0.1) is 13.2 Å². The number of methoxy groups -OCH3 is 1. The minimum atomic E-state index is -0.135. The van der Waals surface area contributed by atoms with Crippen LogP contribution < -0.4 is 0 Å². The Kier molecular flexibility index (Phi) is 4.08. The molecule has 1 saturated heterocycles. The SMILES string of the molecule is COC(=O)CC[C@@H]1CCCCO1. The van der Waals surface area contributed by atoms with Gasteiger partial charge in [-0.05, 0) is 25.7 Å². The van der Waals surface area contributed by atoms with Crippen molar-refractivity contribution in [2.75, 3.05) is 13.7 Å². The van der Waals surface area contributed by atoms with Gasteiger partial charge in [-0.15, -0.1) is 0 Å². The minimum absolute atomic E-state index is 0.135. The van der Waals surface area contributed by atoms with E-state index in [0.717, 1.165) is 25.9 Å². The summed E-state index contributed by atoms with van der Waals surface area (Å²) in [7, 11) is 1.42. The predicted molar refractivity (Wildman–Crippen MR) is 44.8 cm³/mol. The Labute approximate surface area is 73.0 Å². The lowest BCUT2D eigenvalue weighted by molar-refractivity contribution is -0.141. The Morgan fingerprint density at radius 2 is 2.42 bits per heavy atom. The van der Waals surface area contributed by atoms with Gasteiger partial charge in [0.15, 0.2) is 0 Å². The smallest absolute Gasteiger partial charge is 0.305 e. The molecule has 0 spiro atoms. The first kappa shape index (κ1) is 9.52. The molecule has 1 heterocycles. The van der Waals surface area contributed by atoms with Crippen molar-refractivity contribution in [3.05, 3.63) is 0 Å². The van der Waals surface area contributed by atoms with E-state index in [1.54, 1.807) is 0 Å². The van der Waals surface area contributed by atoms with Crippen molar-refractivity contribution in [1.29, 1.82) is 0 Å². The molecule has 0 aromatic heterocycles. The van der Waals surface area contributed by atoms with Crippen LogP contribution in [-0.2, 0) is 14.3 Å². The van der Waals surface area contributed by atoms with Crippen LogP contribution in [0.3, 0.4) is 0 Å². The second-order valence-corrected chi connectivity index (χ2v) is 3.10. The monoisotopic (exact) mass is 172 g/mol. The Balaban J connectivity index is 2.09. The Morgan fingerprint density at radius 1 is 1.58 bits per heavy atom. The zero-order valence-electron chi connectivity index (χ0n) is 7.54. The van der Waals surface area contributed by atoms with Crippen LogP contribution in [0, 0.1) is 0 Å². The second kappa shape index (κ2) is 5.14. The standard InChI is InChI=1S/C9H16O3/c1-11-9(10)6-5-8-4-2-3-7-12-8/h8H,2-7H2,1H3/t8-/m0/s1. The topological polar surface area (TPSA) is 35.5 Å². The lowest BCUT2D eigenvalue weighted by Crippen LogP contribution is -2.20. The highest BCUT2D eigenvalue weighted by Crippen LogP contribution is 2.16. The molecule has 12 heavy (non-hydrogen) atoms. The van der Waals surface area contributed by atoms with Gasteiger partial charge >= 0.3 is 5.97 Å². The Bertz CT molecular complexity index is 139. The van der Waals surface area contributed by atoms with Crippen LogP contribution in [0.5, 0.6) is 0 Å². The van der Waals surface area contributed by atoms with Gasteiger partial charge in [-0.2, -0.15) is 0 Å². The van der Waals surface area contributed by atoms with Gasteiger partial charge in [0.25, 0.3) is 0 Å². The third-order valence-electron chi connectivity index (χ3n) is 2.17. The maximum absolute atomic E-state index is 10.8. The normalized spacial score (nSPS) is 23.6. The Hall–Kier alpha value is -0.570. The molecule has 0 bridgehead atoms. The van der Waals surface area contributed by atoms with Crippen LogP contribution in [0.1, 0.15) is 32.1 Å². The molecule has 0 amide bonds. The predicted octanol–water partition coefficient (Wildman–Crippen LogP) is 1.51. The molecule has 3 heteroatoms. The molecule has 1 aliphatic rings. The van der Waals surface area contributed by atoms with E-state index in [0.29, 0.717) is 6.42 Å². The molecule has 0 aromatic rings. The van der Waals surface area contributed by atoms with Crippen molar-refractivity contribution in [3.63, 3.8) is 0 Å². The fourth-order valence-electron chi connectivity index (χ4n) is 1.42. The third kappa shape index (κ3) is 3.22. The van der Waals surface area contributed by atoms with Crippen molar-refractivity contribution in [3.8, 4) is 0 Å². The summed E-state index contributed by atoms with van der Waals surface area (Å²) in [6.45, 7) is 0.853. The van der Waals surface area contributed by atoms with Crippen molar-refractivity contribution < 1.29 is 14.3 Å². The van der Waals surface area contributed by atoms with Crippen LogP contribution >= 0.6 is 0 Å². The average molecular weight is 172 g/mol. The highest BCUT2D eigenvalue weighted by atomic mass is 16.5. The van der Waals surface area contributed by atoms with Crippen molar-refractivity contribution in [2.45, 2.75) is 38.2 Å². The molecule has 3 nitrogen and oxygen atoms in total. The zero-order valence-corrected chi connectivity index (χ0v) is 7.54. The highest BCUT2D eigenvalue weighted by molar-refractivity contribution is 5.69. The maximum atomic E-state index is 10.8. The van der Waals surface area contributed by atoms with E-state index in [9.17, 15) is 4.79 Å². The van der Waals surface area contributed by atoms with Gasteiger partial charge in [0, 0.05) is 13.0 Å². The zero-order chi connectivity index (χ0) is 8.81. The first-order chi connectivity index (χ1) is 5.83. The van der Waals surface area contributed by atoms with Crippen LogP contribution in [0.2, 0.25) is 0 Å². The average Bonchev–Trinajstić information content (AvgIpc) is 2.16. The van der Waals surface area contributed by atoms with Crippen LogP contribution in [0.4, 0.5) is 0 Å². The molecule has 0 radical (unpaired) electrons. The van der Waals surface area contributed by atoms with Crippen LogP contribution in [0.25, 0.3) is 0 Å². The fraction of sp³-hybridized carbons (Fsp3) is 0.889. The number of hydrogen-bond acceptors (Lipinski definition) is 3. The number of ether oxygens (including phenoxy) is 2. The van der Waals surface area contributed by atoms with E-state index in [1.165, 1.54) is 13.5 Å². The molecule has 0 N–H and O–H groups in total. The largest absolute Gasteiger partial charge is 0.469 e. The van der Waals surface area contributed by atoms with E-state index in [4.69, 9.17) is 4.74 Å². The molecular weight excluding hydrogens is 156 g/mol. The molecule has 1 fully saturated rings. The number of esters is 1. The molecule has 70 valence electrons. The van der Waals surface area contributed by atoms with Gasteiger partial charge in [-0.1, -0.05) is 0 Å². The molecular formula is C9H16O3. The summed E-state index contributed by atoms with van der Waals surface area (Å²) in [5, 5.41) is 0. The molecule has 0 unspecified atom stereocenters. The summed E-state index contributed by atoms with van der Waals surface area (Å²) in [4.78, 5) is 10.8. The maximum Gasteiger partial charge on any atom is 0.305 e. The molecule has 1 atom stereocenters. The number of hydrogen-bond donors (Lipinski definition) is 0. The number of rotatable bonds is 3. The van der Waals surface area contributed by atoms with E-state index in [-0.39, 0.29) is 12.1 Å². The molecule has 0 aromatic carbocycles. The molecule has 0 aliphatic carbocycles. The lowest BCUT2D eigenvalue weighted by atomic mass is 10.1. The van der Waals surface area contributed by atoms with E-state index in [1.807, 2.05) is 0 Å². The van der Waals surface area contributed by atoms with Gasteiger partial charge in [0.1, 0.15) is 0 Å². The van der Waals surface area contributed by atoms with E-state index < -0.39 is 0 Å². The lowest BCUT2D eigenvalue weighted by Gasteiger charge is -2.21. The van der Waals surface area contributed by atoms with E-state index >= 15 is 0 Å². The van der Waals surface area contributed by atoms with Gasteiger partial charge in [-0.25, -0.2) is 0 Å². The summed E-state index contributed by atoms with van der Waals surface area (Å²) in [5.41, 5.74) is 0. The second-order valence-electron chi connectivity index (χ2n) is 3.10. The van der Waals surface area contributed by atoms with Crippen molar-refractivity contribution in [2.24, 2.45) is 0 Å². The van der Waals surface area contributed by atoms with Crippen molar-refractivity contribution in [1.82, 2.24) is 0 Å². The van der Waals surface area contributed by atoms with Crippen LogP contribution in [0.15, 0.2) is 0 Å². The van der Waals surface area contributed by atoms with Crippen LogP contribution in [-0.4, -0.2) is 25.8 Å². The highest BCUT2D eigenvalue weighted by Gasteiger charge is 2.14. The molecule has 1 rings (SSSR count). The molecule has 0 saturated carbocycles. The Morgan fingerprint density at radius 3 is 3.00 bits per heavy atom. The quantitative estimate of drug-likeness (QED) is 0.605. The summed E-state index contributed by atoms with van der Waals surface area (Å²) in [6, 6.07) is 0. The van der Waals surface area contributed by atoms with Gasteiger partial charge in [0.2, 0.25) is 0 Å². The minimum Gasteiger partial charge on any atom is -0.469 e. The van der Waals surface area contributed by atoms with E-state index in [2.05, 4.69) is 4.74 Å². The molecule has 1 aliphatic heterocycles. The summed E-state index contributed by atoms with van der Waals surface area (Å²) in [5.74, 6) is -0.135. The third-order valence-corrected chi connectivity index (χ3v) is 2.17. The van der Waals surface area contributed by atoms with Gasteiger partial charge < -0.3 is 9.47 Å². The number of carbonyl (C=O) groups excluding carboxylic acids is 1. The fourth-order valence-corrected chi connectivity index (χ4v) is 1.42. The van der Waals surface area contributed by atoms with Gasteiger partial charge in [-0.3, -0.25) is 4.79 Å². The summed E-state index contributed by atoms with van der Waals surface area (Å²) >= 11 is 0.